The van der Waals surface area contributed by atoms with Crippen molar-refractivity contribution < 1.29 is 14.4 Å². The van der Waals surface area contributed by atoms with Gasteiger partial charge in [-0.1, -0.05) is 108 Å². The summed E-state index contributed by atoms with van der Waals surface area (Å²) in [5, 5.41) is 0.962. The molecule has 3 atom stereocenters. The molecule has 4 aromatic carbocycles. The molecule has 4 nitrogen and oxygen atoms in total. The second kappa shape index (κ2) is 8.77. The monoisotopic (exact) mass is 549 g/mol. The predicted octanol–water partition coefficient (Wildman–Crippen LogP) is 7.31. The second-order valence-corrected chi connectivity index (χ2v) is 11.0. The van der Waals surface area contributed by atoms with Crippen molar-refractivity contribution >= 4 is 52.3 Å². The van der Waals surface area contributed by atoms with Crippen molar-refractivity contribution in [1.29, 1.82) is 0 Å². The molecule has 7 rings (SSSR count). The van der Waals surface area contributed by atoms with Gasteiger partial charge < -0.3 is 4.90 Å². The summed E-state index contributed by atoms with van der Waals surface area (Å²) in [6.45, 7) is 0. The third-order valence-electron chi connectivity index (χ3n) is 8.33. The summed E-state index contributed by atoms with van der Waals surface area (Å²) in [5.74, 6) is -1.60. The summed E-state index contributed by atoms with van der Waals surface area (Å²) in [6.07, 6.45) is 3.77. The minimum atomic E-state index is -1.59. The Hall–Kier alpha value is -3.99. The highest BCUT2D eigenvalue weighted by atomic mass is 35.5. The number of ketones is 3. The molecule has 0 saturated carbocycles. The number of carbonyl (C=O) groups excluding carboxylic acids is 3. The van der Waals surface area contributed by atoms with Crippen LogP contribution in [0.25, 0.3) is 6.08 Å². The molecule has 0 amide bonds. The van der Waals surface area contributed by atoms with Crippen LogP contribution in [0.1, 0.15) is 48.1 Å². The van der Waals surface area contributed by atoms with Crippen LogP contribution in [0.2, 0.25) is 10.0 Å². The SMILES string of the molecule is O=C(c1ccccc1)[C@H]1[C@H](c2ccccc2Cl)C2(C(=O)c3ccccc3C2=O)C2C=Cc3cc(Cl)ccc3N21. The third kappa shape index (κ3) is 3.22. The van der Waals surface area contributed by atoms with E-state index in [0.29, 0.717) is 32.3 Å². The van der Waals surface area contributed by atoms with Crippen LogP contribution in [0.15, 0.2) is 103 Å². The number of hydrogen-bond donors (Lipinski definition) is 0. The van der Waals surface area contributed by atoms with Crippen molar-refractivity contribution in [3.05, 3.63) is 141 Å². The van der Waals surface area contributed by atoms with E-state index in [1.165, 1.54) is 0 Å². The van der Waals surface area contributed by atoms with Crippen molar-refractivity contribution in [2.75, 3.05) is 4.90 Å². The third-order valence-corrected chi connectivity index (χ3v) is 8.91. The normalized spacial score (nSPS) is 22.1. The predicted molar refractivity (Wildman–Crippen MR) is 153 cm³/mol. The Morgan fingerprint density at radius 3 is 2.10 bits per heavy atom. The molecule has 1 fully saturated rings. The number of Topliss-reactive ketones (excluding diaryl/α,β-unsaturated/α-hetero) is 3. The maximum atomic E-state index is 14.6. The first-order chi connectivity index (χ1) is 18.9. The topological polar surface area (TPSA) is 54.5 Å². The van der Waals surface area contributed by atoms with Gasteiger partial charge in [-0.05, 0) is 35.4 Å². The first-order valence-corrected chi connectivity index (χ1v) is 13.5. The van der Waals surface area contributed by atoms with Gasteiger partial charge in [0.15, 0.2) is 17.3 Å². The van der Waals surface area contributed by atoms with Gasteiger partial charge >= 0.3 is 0 Å². The highest BCUT2D eigenvalue weighted by Crippen LogP contribution is 2.61. The van der Waals surface area contributed by atoms with Gasteiger partial charge in [0.2, 0.25) is 0 Å². The van der Waals surface area contributed by atoms with Crippen molar-refractivity contribution in [2.24, 2.45) is 5.41 Å². The molecule has 0 bridgehead atoms. The van der Waals surface area contributed by atoms with Gasteiger partial charge in [0.05, 0.1) is 6.04 Å². The Morgan fingerprint density at radius 2 is 1.41 bits per heavy atom. The lowest BCUT2D eigenvalue weighted by molar-refractivity contribution is 0.0666. The zero-order chi connectivity index (χ0) is 26.9. The lowest BCUT2D eigenvalue weighted by Gasteiger charge is -2.37. The second-order valence-electron chi connectivity index (χ2n) is 10.2. The summed E-state index contributed by atoms with van der Waals surface area (Å²) in [6, 6.07) is 27.0. The Balaban J connectivity index is 1.57. The van der Waals surface area contributed by atoms with E-state index in [1.807, 2.05) is 59.5 Å². The summed E-state index contributed by atoms with van der Waals surface area (Å²) in [5.41, 5.74) is 1.82. The van der Waals surface area contributed by atoms with E-state index in [4.69, 9.17) is 23.2 Å². The number of halogens is 2. The first kappa shape index (κ1) is 24.1. The van der Waals surface area contributed by atoms with Crippen molar-refractivity contribution in [3.8, 4) is 0 Å². The summed E-state index contributed by atoms with van der Waals surface area (Å²) in [4.78, 5) is 45.7. The molecule has 2 heterocycles. The van der Waals surface area contributed by atoms with Gasteiger partial charge in [0, 0.05) is 38.3 Å². The molecule has 1 unspecified atom stereocenters. The van der Waals surface area contributed by atoms with Crippen molar-refractivity contribution in [3.63, 3.8) is 0 Å². The zero-order valence-electron chi connectivity index (χ0n) is 20.6. The fourth-order valence-electron chi connectivity index (χ4n) is 6.79. The molecular formula is C33H21Cl2NO3. The van der Waals surface area contributed by atoms with E-state index >= 15 is 0 Å². The van der Waals surface area contributed by atoms with Gasteiger partial charge in [-0.15, -0.1) is 0 Å². The molecule has 6 heteroatoms. The molecule has 1 saturated heterocycles. The molecule has 0 aromatic heterocycles. The van der Waals surface area contributed by atoms with Crippen LogP contribution < -0.4 is 4.90 Å². The summed E-state index contributed by atoms with van der Waals surface area (Å²) in [7, 11) is 0. The molecule has 3 aliphatic rings. The largest absolute Gasteiger partial charge is 0.352 e. The van der Waals surface area contributed by atoms with E-state index in [9.17, 15) is 14.4 Å². The van der Waals surface area contributed by atoms with Crippen LogP contribution >= 0.6 is 23.2 Å². The van der Waals surface area contributed by atoms with Gasteiger partial charge in [-0.3, -0.25) is 14.4 Å². The van der Waals surface area contributed by atoms with Gasteiger partial charge in [0.25, 0.3) is 0 Å². The first-order valence-electron chi connectivity index (χ1n) is 12.7. The summed E-state index contributed by atoms with van der Waals surface area (Å²) >= 11 is 13.2. The van der Waals surface area contributed by atoms with Gasteiger partial charge in [-0.25, -0.2) is 0 Å². The van der Waals surface area contributed by atoms with Crippen LogP contribution in [-0.4, -0.2) is 29.4 Å². The van der Waals surface area contributed by atoms with Crippen LogP contribution in [-0.2, 0) is 0 Å². The van der Waals surface area contributed by atoms with E-state index in [-0.39, 0.29) is 17.3 Å². The fourth-order valence-corrected chi connectivity index (χ4v) is 7.23. The smallest absolute Gasteiger partial charge is 0.185 e. The van der Waals surface area contributed by atoms with E-state index in [2.05, 4.69) is 0 Å². The summed E-state index contributed by atoms with van der Waals surface area (Å²) < 4.78 is 0. The average molecular weight is 550 g/mol. The minimum absolute atomic E-state index is 0.185. The Labute approximate surface area is 235 Å². The Kier molecular flexibility index (Phi) is 5.41. The maximum Gasteiger partial charge on any atom is 0.185 e. The molecular weight excluding hydrogens is 529 g/mol. The van der Waals surface area contributed by atoms with Crippen molar-refractivity contribution in [2.45, 2.75) is 18.0 Å². The quantitative estimate of drug-likeness (QED) is 0.198. The molecule has 4 aromatic rings. The lowest BCUT2D eigenvalue weighted by Crippen LogP contribution is -2.48. The molecule has 1 spiro atoms. The van der Waals surface area contributed by atoms with Crippen LogP contribution in [0.3, 0.4) is 0 Å². The van der Waals surface area contributed by atoms with Gasteiger partial charge in [-0.2, -0.15) is 0 Å². The minimum Gasteiger partial charge on any atom is -0.352 e. The zero-order valence-corrected chi connectivity index (χ0v) is 22.1. The number of benzene rings is 4. The van der Waals surface area contributed by atoms with E-state index in [1.54, 1.807) is 54.6 Å². The Morgan fingerprint density at radius 1 is 0.769 bits per heavy atom. The average Bonchev–Trinajstić information content (AvgIpc) is 3.39. The number of nitrogens with zero attached hydrogens (tertiary/aromatic N) is 1. The highest BCUT2D eigenvalue weighted by Gasteiger charge is 2.71. The molecule has 39 heavy (non-hydrogen) atoms. The molecule has 0 radical (unpaired) electrons. The standard InChI is InChI=1S/C33H21Cl2NO3/c34-21-15-16-26-20(18-21)14-17-27-33(31(38)22-10-4-5-11-23(22)32(33)39)28(24-12-6-7-13-25(24)35)29(36(26)27)30(37)19-8-2-1-3-9-19/h1-18,27-29H/t27?,28-,29+/m0/s1. The van der Waals surface area contributed by atoms with Crippen LogP contribution in [0, 0.1) is 5.41 Å². The number of hydrogen-bond acceptors (Lipinski definition) is 4. The van der Waals surface area contributed by atoms with E-state index in [0.717, 1.165) is 11.3 Å². The maximum absolute atomic E-state index is 14.6. The van der Waals surface area contributed by atoms with Gasteiger partial charge in [0.1, 0.15) is 11.5 Å². The number of carbonyl (C=O) groups is 3. The molecule has 1 aliphatic carbocycles. The molecule has 0 N–H and O–H groups in total. The van der Waals surface area contributed by atoms with Crippen molar-refractivity contribution in [1.82, 2.24) is 0 Å². The Bertz CT molecular complexity index is 1690. The molecule has 2 aliphatic heterocycles. The number of fused-ring (bicyclic) bond motifs is 5. The van der Waals surface area contributed by atoms with Crippen LogP contribution in [0.4, 0.5) is 5.69 Å². The highest BCUT2D eigenvalue weighted by molar-refractivity contribution is 6.34. The van der Waals surface area contributed by atoms with Crippen LogP contribution in [0.5, 0.6) is 0 Å². The molecule has 190 valence electrons. The number of anilines is 1. The number of rotatable bonds is 3. The lowest BCUT2D eigenvalue weighted by atomic mass is 9.64. The van der Waals surface area contributed by atoms with E-state index < -0.39 is 23.4 Å². The fraction of sp³-hybridized carbons (Fsp3) is 0.121.